The Bertz CT molecular complexity index is 918. The van der Waals surface area contributed by atoms with Gasteiger partial charge in [-0.25, -0.2) is 9.78 Å². The molecular weight excluding hydrogens is 354 g/mol. The van der Waals surface area contributed by atoms with Crippen molar-refractivity contribution in [3.8, 4) is 28.3 Å². The number of rotatable bonds is 4. The fourth-order valence-corrected chi connectivity index (χ4v) is 3.54. The van der Waals surface area contributed by atoms with Crippen LogP contribution in [0.3, 0.4) is 0 Å². The maximum Gasteiger partial charge on any atom is 0.412 e. The number of ether oxygens (including phenoxy) is 1. The van der Waals surface area contributed by atoms with Gasteiger partial charge in [-0.3, -0.25) is 10.1 Å². The van der Waals surface area contributed by atoms with Crippen molar-refractivity contribution in [2.45, 2.75) is 44.6 Å². The van der Waals surface area contributed by atoms with Crippen LogP contribution in [-0.2, 0) is 0 Å². The van der Waals surface area contributed by atoms with E-state index < -0.39 is 6.09 Å². The molecule has 1 aromatic carbocycles. The van der Waals surface area contributed by atoms with Crippen LogP contribution in [0.2, 0.25) is 0 Å². The number of aromatic amines is 1. The zero-order valence-electron chi connectivity index (χ0n) is 15.6. The van der Waals surface area contributed by atoms with Gasteiger partial charge < -0.3 is 10.1 Å². The lowest BCUT2D eigenvalue weighted by Gasteiger charge is -2.16. The highest BCUT2D eigenvalue weighted by atomic mass is 16.6. The molecule has 2 N–H and O–H groups in total. The largest absolute Gasteiger partial charge is 0.412 e. The van der Waals surface area contributed by atoms with E-state index in [1.807, 2.05) is 24.3 Å². The number of benzene rings is 1. The SMILES string of the molecule is O=C(NC1CCCCCC1)Oc1cccc(-c2cncc(-c3ncn[nH]3)c2)c1. The van der Waals surface area contributed by atoms with Gasteiger partial charge in [-0.05, 0) is 36.6 Å². The molecule has 0 aliphatic heterocycles. The summed E-state index contributed by atoms with van der Waals surface area (Å²) in [4.78, 5) is 20.7. The third-order valence-electron chi connectivity index (χ3n) is 4.98. The highest BCUT2D eigenvalue weighted by Crippen LogP contribution is 2.26. The van der Waals surface area contributed by atoms with Crippen LogP contribution >= 0.6 is 0 Å². The van der Waals surface area contributed by atoms with Crippen LogP contribution < -0.4 is 10.1 Å². The van der Waals surface area contributed by atoms with E-state index in [-0.39, 0.29) is 6.04 Å². The number of carbonyl (C=O) groups is 1. The van der Waals surface area contributed by atoms with Gasteiger partial charge in [-0.1, -0.05) is 37.8 Å². The van der Waals surface area contributed by atoms with Crippen molar-refractivity contribution >= 4 is 6.09 Å². The minimum absolute atomic E-state index is 0.209. The molecule has 0 atom stereocenters. The minimum atomic E-state index is -0.391. The number of amides is 1. The van der Waals surface area contributed by atoms with Gasteiger partial charge in [0.1, 0.15) is 12.1 Å². The number of hydrogen-bond donors (Lipinski definition) is 2. The molecule has 0 saturated heterocycles. The lowest BCUT2D eigenvalue weighted by atomic mass is 10.1. The van der Waals surface area contributed by atoms with Crippen molar-refractivity contribution in [3.63, 3.8) is 0 Å². The summed E-state index contributed by atoms with van der Waals surface area (Å²) in [6, 6.07) is 9.62. The van der Waals surface area contributed by atoms with Crippen molar-refractivity contribution in [1.29, 1.82) is 0 Å². The monoisotopic (exact) mass is 377 g/mol. The van der Waals surface area contributed by atoms with Gasteiger partial charge >= 0.3 is 6.09 Å². The second kappa shape index (κ2) is 8.65. The van der Waals surface area contributed by atoms with Crippen LogP contribution in [0.1, 0.15) is 38.5 Å². The average molecular weight is 377 g/mol. The summed E-state index contributed by atoms with van der Waals surface area (Å²) in [5.74, 6) is 1.17. The number of nitrogens with zero attached hydrogens (tertiary/aromatic N) is 3. The average Bonchev–Trinajstić information content (AvgIpc) is 3.14. The molecule has 0 spiro atoms. The van der Waals surface area contributed by atoms with E-state index in [0.29, 0.717) is 11.6 Å². The van der Waals surface area contributed by atoms with Gasteiger partial charge in [0, 0.05) is 29.6 Å². The fourth-order valence-electron chi connectivity index (χ4n) is 3.54. The van der Waals surface area contributed by atoms with Crippen molar-refractivity contribution in [2.24, 2.45) is 0 Å². The van der Waals surface area contributed by atoms with Crippen LogP contribution in [0, 0.1) is 0 Å². The number of hydrogen-bond acceptors (Lipinski definition) is 5. The Hall–Kier alpha value is -3.22. The molecule has 7 heteroatoms. The molecule has 144 valence electrons. The normalized spacial score (nSPS) is 15.0. The van der Waals surface area contributed by atoms with Crippen LogP contribution in [0.25, 0.3) is 22.5 Å². The van der Waals surface area contributed by atoms with Crippen LogP contribution in [0.5, 0.6) is 5.75 Å². The zero-order valence-corrected chi connectivity index (χ0v) is 15.6. The van der Waals surface area contributed by atoms with E-state index in [4.69, 9.17) is 4.74 Å². The number of nitrogens with one attached hydrogen (secondary N) is 2. The van der Waals surface area contributed by atoms with E-state index in [9.17, 15) is 4.79 Å². The molecule has 3 aromatic rings. The van der Waals surface area contributed by atoms with E-state index in [1.54, 1.807) is 18.5 Å². The molecule has 2 aromatic heterocycles. The van der Waals surface area contributed by atoms with Crippen molar-refractivity contribution in [3.05, 3.63) is 49.1 Å². The van der Waals surface area contributed by atoms with E-state index in [2.05, 4.69) is 25.5 Å². The smallest absolute Gasteiger partial charge is 0.410 e. The quantitative estimate of drug-likeness (QED) is 0.660. The maximum absolute atomic E-state index is 12.3. The Morgan fingerprint density at radius 3 is 2.64 bits per heavy atom. The highest BCUT2D eigenvalue weighted by molar-refractivity contribution is 5.73. The number of pyridine rings is 1. The Balaban J connectivity index is 1.46. The number of carbonyl (C=O) groups excluding carboxylic acids is 1. The zero-order chi connectivity index (χ0) is 19.2. The molecule has 1 amide bonds. The number of aromatic nitrogens is 4. The first kappa shape index (κ1) is 18.2. The van der Waals surface area contributed by atoms with Crippen LogP contribution in [0.4, 0.5) is 4.79 Å². The van der Waals surface area contributed by atoms with Gasteiger partial charge in [-0.15, -0.1) is 0 Å². The summed E-state index contributed by atoms with van der Waals surface area (Å²) >= 11 is 0. The van der Waals surface area contributed by atoms with Crippen LogP contribution in [-0.4, -0.2) is 32.3 Å². The lowest BCUT2D eigenvalue weighted by molar-refractivity contribution is 0.194. The Kier molecular flexibility index (Phi) is 5.61. The summed E-state index contributed by atoms with van der Waals surface area (Å²) in [6.45, 7) is 0. The molecule has 7 nitrogen and oxygen atoms in total. The van der Waals surface area contributed by atoms with Crippen molar-refractivity contribution in [1.82, 2.24) is 25.5 Å². The molecule has 0 unspecified atom stereocenters. The molecule has 0 radical (unpaired) electrons. The fraction of sp³-hybridized carbons (Fsp3) is 0.333. The summed E-state index contributed by atoms with van der Waals surface area (Å²) in [7, 11) is 0. The molecule has 2 heterocycles. The van der Waals surface area contributed by atoms with Gasteiger partial charge in [0.25, 0.3) is 0 Å². The Labute approximate surface area is 163 Å². The van der Waals surface area contributed by atoms with Gasteiger partial charge in [-0.2, -0.15) is 5.10 Å². The maximum atomic E-state index is 12.3. The standard InChI is InChI=1S/C21H23N5O2/c27-21(25-18-7-3-1-2-4-8-18)28-19-9-5-6-15(11-19)16-10-17(13-22-12-16)20-23-14-24-26-20/h5-6,9-14,18H,1-4,7-8H2,(H,25,27)(H,23,24,26). The molecular formula is C21H23N5O2. The first-order valence-corrected chi connectivity index (χ1v) is 9.67. The van der Waals surface area contributed by atoms with Gasteiger partial charge in [0.2, 0.25) is 0 Å². The van der Waals surface area contributed by atoms with Gasteiger partial charge in [0.05, 0.1) is 0 Å². The summed E-state index contributed by atoms with van der Waals surface area (Å²) < 4.78 is 5.52. The summed E-state index contributed by atoms with van der Waals surface area (Å²) in [5, 5.41) is 9.71. The lowest BCUT2D eigenvalue weighted by Crippen LogP contribution is -2.36. The molecule has 1 fully saturated rings. The van der Waals surface area contributed by atoms with E-state index >= 15 is 0 Å². The third-order valence-corrected chi connectivity index (χ3v) is 4.98. The summed E-state index contributed by atoms with van der Waals surface area (Å²) in [6.07, 6.45) is 11.4. The molecule has 1 aliphatic carbocycles. The van der Waals surface area contributed by atoms with E-state index in [1.165, 1.54) is 19.2 Å². The predicted molar refractivity (Wildman–Crippen MR) is 106 cm³/mol. The second-order valence-electron chi connectivity index (χ2n) is 7.05. The minimum Gasteiger partial charge on any atom is -0.410 e. The summed E-state index contributed by atoms with van der Waals surface area (Å²) in [5.41, 5.74) is 2.66. The molecule has 28 heavy (non-hydrogen) atoms. The first-order chi connectivity index (χ1) is 13.8. The Morgan fingerprint density at radius 2 is 1.86 bits per heavy atom. The van der Waals surface area contributed by atoms with E-state index in [0.717, 1.165) is 42.4 Å². The molecule has 4 rings (SSSR count). The highest BCUT2D eigenvalue weighted by Gasteiger charge is 2.16. The van der Waals surface area contributed by atoms with Crippen molar-refractivity contribution < 1.29 is 9.53 Å². The Morgan fingerprint density at radius 1 is 1.04 bits per heavy atom. The second-order valence-corrected chi connectivity index (χ2v) is 7.05. The number of H-pyrrole nitrogens is 1. The molecule has 1 aliphatic rings. The van der Waals surface area contributed by atoms with Gasteiger partial charge in [0.15, 0.2) is 5.82 Å². The first-order valence-electron chi connectivity index (χ1n) is 9.67. The third kappa shape index (κ3) is 4.54. The van der Waals surface area contributed by atoms with Crippen LogP contribution in [0.15, 0.2) is 49.1 Å². The topological polar surface area (TPSA) is 92.8 Å². The predicted octanol–water partition coefficient (Wildman–Crippen LogP) is 4.34. The molecule has 0 bridgehead atoms. The molecule has 1 saturated carbocycles. The van der Waals surface area contributed by atoms with Crippen molar-refractivity contribution in [2.75, 3.05) is 0 Å².